The highest BCUT2D eigenvalue weighted by Gasteiger charge is 2.24. The average Bonchev–Trinajstić information content (AvgIpc) is 2.73. The first-order valence-electron chi connectivity index (χ1n) is 9.60. The third-order valence-corrected chi connectivity index (χ3v) is 6.09. The number of hydrogen-bond donors (Lipinski definition) is 1. The molecule has 3 rings (SSSR count). The first kappa shape index (κ1) is 20.9. The summed E-state index contributed by atoms with van der Waals surface area (Å²) in [6.45, 7) is 2.65. The molecule has 1 heterocycles. The monoisotopic (exact) mass is 494 g/mol. The molecule has 1 aliphatic heterocycles. The summed E-state index contributed by atoms with van der Waals surface area (Å²) in [4.78, 5) is 15.3. The summed E-state index contributed by atoms with van der Waals surface area (Å²) in [5.74, 6) is 1.12. The largest absolute Gasteiger partial charge is 0.493 e. The van der Waals surface area contributed by atoms with Gasteiger partial charge in [0, 0.05) is 22.7 Å². The van der Waals surface area contributed by atoms with E-state index in [-0.39, 0.29) is 5.91 Å². The van der Waals surface area contributed by atoms with Crippen LogP contribution in [0.2, 0.25) is 0 Å². The lowest BCUT2D eigenvalue weighted by Crippen LogP contribution is -2.46. The minimum atomic E-state index is -0.0735. The van der Waals surface area contributed by atoms with Crippen molar-refractivity contribution in [2.24, 2.45) is 0 Å². The van der Waals surface area contributed by atoms with E-state index in [1.807, 2.05) is 12.1 Å². The van der Waals surface area contributed by atoms with E-state index >= 15 is 0 Å². The molecule has 0 saturated carbocycles. The molecule has 1 fully saturated rings. The fourth-order valence-electron chi connectivity index (χ4n) is 3.65. The molecule has 0 spiro atoms. The van der Waals surface area contributed by atoms with E-state index in [4.69, 9.17) is 9.47 Å². The highest BCUT2D eigenvalue weighted by atomic mass is 127. The van der Waals surface area contributed by atoms with Crippen LogP contribution in [0, 0.1) is 3.57 Å². The number of hydrogen-bond acceptors (Lipinski definition) is 4. The Balaban J connectivity index is 1.65. The molecule has 1 N–H and O–H groups in total. The Bertz CT molecular complexity index is 798. The van der Waals surface area contributed by atoms with Crippen LogP contribution < -0.4 is 14.8 Å². The summed E-state index contributed by atoms with van der Waals surface area (Å²) < 4.78 is 11.5. The first-order valence-corrected chi connectivity index (χ1v) is 10.7. The van der Waals surface area contributed by atoms with E-state index in [2.05, 4.69) is 57.1 Å². The number of nitrogens with zero attached hydrogens (tertiary/aromatic N) is 1. The van der Waals surface area contributed by atoms with Crippen molar-refractivity contribution in [1.82, 2.24) is 10.2 Å². The number of likely N-dealkylation sites (tertiary alicyclic amines) is 1. The zero-order valence-electron chi connectivity index (χ0n) is 16.4. The molecular weight excluding hydrogens is 467 g/mol. The molecule has 0 aromatic heterocycles. The van der Waals surface area contributed by atoms with Gasteiger partial charge in [0.25, 0.3) is 5.91 Å². The quantitative estimate of drug-likeness (QED) is 0.590. The van der Waals surface area contributed by atoms with Crippen LogP contribution in [0.5, 0.6) is 11.5 Å². The van der Waals surface area contributed by atoms with E-state index in [1.165, 1.54) is 18.4 Å². The lowest BCUT2D eigenvalue weighted by molar-refractivity contribution is 0.0906. The molecule has 1 amide bonds. The van der Waals surface area contributed by atoms with Gasteiger partial charge in [0.1, 0.15) is 0 Å². The van der Waals surface area contributed by atoms with Gasteiger partial charge < -0.3 is 14.8 Å². The lowest BCUT2D eigenvalue weighted by atomic mass is 10.0. The fraction of sp³-hybridized carbons (Fsp3) is 0.409. The van der Waals surface area contributed by atoms with E-state index in [0.717, 1.165) is 23.1 Å². The number of carbonyl (C=O) groups excluding carboxylic acids is 1. The first-order chi connectivity index (χ1) is 13.6. The topological polar surface area (TPSA) is 50.8 Å². The SMILES string of the molecule is COc1cc(I)c(C(=O)NCC2CCCCN2Cc2ccccc2)cc1OC. The smallest absolute Gasteiger partial charge is 0.252 e. The van der Waals surface area contributed by atoms with Crippen molar-refractivity contribution in [3.8, 4) is 11.5 Å². The molecule has 0 aliphatic carbocycles. The maximum absolute atomic E-state index is 12.8. The number of carbonyl (C=O) groups is 1. The Kier molecular flexibility index (Phi) is 7.56. The fourth-order valence-corrected chi connectivity index (χ4v) is 4.33. The lowest BCUT2D eigenvalue weighted by Gasteiger charge is -2.36. The zero-order chi connectivity index (χ0) is 19.9. The van der Waals surface area contributed by atoms with Gasteiger partial charge >= 0.3 is 0 Å². The summed E-state index contributed by atoms with van der Waals surface area (Å²) in [7, 11) is 3.17. The standard InChI is InChI=1S/C22H27IN2O3/c1-27-20-12-18(19(23)13-21(20)28-2)22(26)24-14-17-10-6-7-11-25(17)15-16-8-4-3-5-9-16/h3-5,8-9,12-13,17H,6-7,10-11,14-15H2,1-2H3,(H,24,26). The number of halogens is 1. The van der Waals surface area contributed by atoms with Crippen molar-refractivity contribution in [3.05, 3.63) is 57.2 Å². The molecule has 28 heavy (non-hydrogen) atoms. The molecule has 1 unspecified atom stereocenters. The van der Waals surface area contributed by atoms with Gasteiger partial charge in [0.2, 0.25) is 0 Å². The number of benzene rings is 2. The molecule has 2 aromatic rings. The van der Waals surface area contributed by atoms with Gasteiger partial charge in [-0.3, -0.25) is 9.69 Å². The van der Waals surface area contributed by atoms with Crippen LogP contribution in [0.3, 0.4) is 0 Å². The van der Waals surface area contributed by atoms with Crippen LogP contribution in [0.4, 0.5) is 0 Å². The van der Waals surface area contributed by atoms with Crippen LogP contribution in [-0.4, -0.2) is 44.2 Å². The van der Waals surface area contributed by atoms with Gasteiger partial charge in [-0.2, -0.15) is 0 Å². The molecule has 150 valence electrons. The summed E-state index contributed by atoms with van der Waals surface area (Å²) in [6.07, 6.45) is 3.53. The van der Waals surface area contributed by atoms with Crippen LogP contribution in [0.1, 0.15) is 35.2 Å². The molecule has 2 aromatic carbocycles. The van der Waals surface area contributed by atoms with Crippen LogP contribution in [0.25, 0.3) is 0 Å². The summed E-state index contributed by atoms with van der Waals surface area (Å²) in [5, 5.41) is 3.13. The molecular formula is C22H27IN2O3. The second-order valence-corrected chi connectivity index (χ2v) is 8.16. The predicted octanol–water partition coefficient (Wildman–Crippen LogP) is 4.09. The highest BCUT2D eigenvalue weighted by molar-refractivity contribution is 14.1. The average molecular weight is 494 g/mol. The minimum absolute atomic E-state index is 0.0735. The maximum atomic E-state index is 12.8. The molecule has 0 radical (unpaired) electrons. The molecule has 6 heteroatoms. The second kappa shape index (κ2) is 10.1. The van der Waals surface area contributed by atoms with Gasteiger partial charge in [-0.05, 0) is 59.7 Å². The summed E-state index contributed by atoms with van der Waals surface area (Å²) >= 11 is 2.16. The number of nitrogens with one attached hydrogen (secondary N) is 1. The third-order valence-electron chi connectivity index (χ3n) is 5.19. The van der Waals surface area contributed by atoms with Gasteiger partial charge in [0.05, 0.1) is 19.8 Å². The maximum Gasteiger partial charge on any atom is 0.252 e. The van der Waals surface area contributed by atoms with E-state index in [1.54, 1.807) is 20.3 Å². The second-order valence-electron chi connectivity index (χ2n) is 7.00. The molecule has 1 aliphatic rings. The Morgan fingerprint density at radius 3 is 2.57 bits per heavy atom. The normalized spacial score (nSPS) is 17.2. The Labute approximate surface area is 180 Å². The van der Waals surface area contributed by atoms with Gasteiger partial charge in [0.15, 0.2) is 11.5 Å². The molecule has 0 bridgehead atoms. The molecule has 5 nitrogen and oxygen atoms in total. The minimum Gasteiger partial charge on any atom is -0.493 e. The van der Waals surface area contributed by atoms with Gasteiger partial charge in [-0.1, -0.05) is 36.8 Å². The number of methoxy groups -OCH3 is 2. The van der Waals surface area contributed by atoms with Crippen molar-refractivity contribution in [3.63, 3.8) is 0 Å². The molecule has 1 saturated heterocycles. The van der Waals surface area contributed by atoms with Crippen molar-refractivity contribution < 1.29 is 14.3 Å². The third kappa shape index (κ3) is 5.17. The van der Waals surface area contributed by atoms with Gasteiger partial charge in [-0.15, -0.1) is 0 Å². The number of ether oxygens (including phenoxy) is 2. The summed E-state index contributed by atoms with van der Waals surface area (Å²) in [6, 6.07) is 14.5. The predicted molar refractivity (Wildman–Crippen MR) is 119 cm³/mol. The zero-order valence-corrected chi connectivity index (χ0v) is 18.6. The van der Waals surface area contributed by atoms with Gasteiger partial charge in [-0.25, -0.2) is 0 Å². The number of amides is 1. The van der Waals surface area contributed by atoms with Crippen LogP contribution in [0.15, 0.2) is 42.5 Å². The van der Waals surface area contributed by atoms with E-state index in [9.17, 15) is 4.79 Å². The Morgan fingerprint density at radius 1 is 1.14 bits per heavy atom. The highest BCUT2D eigenvalue weighted by Crippen LogP contribution is 2.31. The van der Waals surface area contributed by atoms with Crippen molar-refractivity contribution >= 4 is 28.5 Å². The van der Waals surface area contributed by atoms with Crippen LogP contribution >= 0.6 is 22.6 Å². The number of rotatable bonds is 7. The number of piperidine rings is 1. The van der Waals surface area contributed by atoms with E-state index < -0.39 is 0 Å². The van der Waals surface area contributed by atoms with Crippen LogP contribution in [-0.2, 0) is 6.54 Å². The van der Waals surface area contributed by atoms with Crippen molar-refractivity contribution in [2.45, 2.75) is 31.8 Å². The molecule has 1 atom stereocenters. The Hall–Kier alpha value is -1.80. The van der Waals surface area contributed by atoms with Crippen molar-refractivity contribution in [1.29, 1.82) is 0 Å². The summed E-state index contributed by atoms with van der Waals surface area (Å²) in [5.41, 5.74) is 1.93. The van der Waals surface area contributed by atoms with Crippen molar-refractivity contribution in [2.75, 3.05) is 27.3 Å². The Morgan fingerprint density at radius 2 is 1.86 bits per heavy atom. The van der Waals surface area contributed by atoms with E-state index in [0.29, 0.717) is 29.6 Å².